The van der Waals surface area contributed by atoms with Crippen LogP contribution in [-0.4, -0.2) is 16.5 Å². The standard InChI is InChI=1S/C23H22N2O2/c26-25(27)14-20-17-10-4-3-9-16(17)13-19(15-7-1-2-8-15)23-22(20)18-11-5-6-12-21(18)24-23/h3-6,9-13,15,20,24H,1-2,7-8,14H2. The number of aromatic amines is 1. The summed E-state index contributed by atoms with van der Waals surface area (Å²) in [5, 5.41) is 12.7. The molecule has 4 nitrogen and oxygen atoms in total. The molecular weight excluding hydrogens is 336 g/mol. The van der Waals surface area contributed by atoms with Crippen molar-refractivity contribution in [3.8, 4) is 0 Å². The molecule has 4 heteroatoms. The summed E-state index contributed by atoms with van der Waals surface area (Å²) in [4.78, 5) is 15.0. The van der Waals surface area contributed by atoms with E-state index in [-0.39, 0.29) is 17.4 Å². The van der Waals surface area contributed by atoms with Crippen LogP contribution >= 0.6 is 0 Å². The Morgan fingerprint density at radius 1 is 1.04 bits per heavy atom. The van der Waals surface area contributed by atoms with Crippen LogP contribution in [0.25, 0.3) is 22.6 Å². The van der Waals surface area contributed by atoms with Gasteiger partial charge >= 0.3 is 0 Å². The zero-order valence-electron chi connectivity index (χ0n) is 15.2. The lowest BCUT2D eigenvalue weighted by atomic mass is 9.87. The van der Waals surface area contributed by atoms with Crippen LogP contribution in [0.4, 0.5) is 0 Å². The first-order chi connectivity index (χ1) is 13.2. The number of H-pyrrole nitrogens is 1. The third-order valence-electron chi connectivity index (χ3n) is 6.19. The Hall–Kier alpha value is -2.88. The molecule has 1 heterocycles. The second kappa shape index (κ2) is 6.38. The van der Waals surface area contributed by atoms with Crippen molar-refractivity contribution in [1.82, 2.24) is 4.98 Å². The maximum absolute atomic E-state index is 11.6. The van der Waals surface area contributed by atoms with Gasteiger partial charge in [0.2, 0.25) is 6.54 Å². The van der Waals surface area contributed by atoms with Gasteiger partial charge in [0, 0.05) is 21.5 Å². The number of aromatic nitrogens is 1. The number of fused-ring (bicyclic) bond motifs is 4. The lowest BCUT2D eigenvalue weighted by molar-refractivity contribution is -0.481. The maximum Gasteiger partial charge on any atom is 0.214 e. The van der Waals surface area contributed by atoms with E-state index in [1.54, 1.807) is 0 Å². The third kappa shape index (κ3) is 2.67. The van der Waals surface area contributed by atoms with E-state index in [0.717, 1.165) is 33.3 Å². The monoisotopic (exact) mass is 358 g/mol. The van der Waals surface area contributed by atoms with Crippen molar-refractivity contribution >= 4 is 22.6 Å². The number of nitrogens with zero attached hydrogens (tertiary/aromatic N) is 1. The predicted octanol–water partition coefficient (Wildman–Crippen LogP) is 5.62. The molecule has 5 rings (SSSR count). The summed E-state index contributed by atoms with van der Waals surface area (Å²) in [6, 6.07) is 16.4. The van der Waals surface area contributed by atoms with Gasteiger partial charge in [-0.1, -0.05) is 55.3 Å². The Balaban J connectivity index is 1.83. The van der Waals surface area contributed by atoms with Crippen molar-refractivity contribution in [3.63, 3.8) is 0 Å². The molecular formula is C23H22N2O2. The van der Waals surface area contributed by atoms with Crippen molar-refractivity contribution in [1.29, 1.82) is 0 Å². The molecule has 2 aromatic carbocycles. The van der Waals surface area contributed by atoms with Gasteiger partial charge in [-0.15, -0.1) is 0 Å². The molecule has 1 atom stereocenters. The summed E-state index contributed by atoms with van der Waals surface area (Å²) < 4.78 is 0. The summed E-state index contributed by atoms with van der Waals surface area (Å²) in [6.45, 7) is -0.0857. The molecule has 2 aliphatic rings. The first-order valence-corrected chi connectivity index (χ1v) is 9.75. The molecule has 0 radical (unpaired) electrons. The molecule has 136 valence electrons. The van der Waals surface area contributed by atoms with E-state index < -0.39 is 0 Å². The van der Waals surface area contributed by atoms with Crippen molar-refractivity contribution in [2.45, 2.75) is 31.6 Å². The molecule has 0 saturated heterocycles. The largest absolute Gasteiger partial charge is 0.355 e. The highest BCUT2D eigenvalue weighted by atomic mass is 16.6. The van der Waals surface area contributed by atoms with Crippen LogP contribution in [0.2, 0.25) is 0 Å². The molecule has 0 aliphatic heterocycles. The van der Waals surface area contributed by atoms with Gasteiger partial charge in [0.1, 0.15) is 0 Å². The van der Waals surface area contributed by atoms with Crippen LogP contribution in [0.1, 0.15) is 54.0 Å². The summed E-state index contributed by atoms with van der Waals surface area (Å²) in [7, 11) is 0. The van der Waals surface area contributed by atoms with Crippen LogP contribution in [0.5, 0.6) is 0 Å². The average Bonchev–Trinajstić information content (AvgIpc) is 3.30. The average molecular weight is 358 g/mol. The fraction of sp³-hybridized carbons (Fsp3) is 0.304. The minimum absolute atomic E-state index is 0.0857. The number of hydrogen-bond donors (Lipinski definition) is 1. The molecule has 1 unspecified atom stereocenters. The minimum atomic E-state index is -0.238. The summed E-state index contributed by atoms with van der Waals surface area (Å²) in [5.41, 5.74) is 6.81. The molecule has 0 bridgehead atoms. The second-order valence-electron chi connectivity index (χ2n) is 7.74. The van der Waals surface area contributed by atoms with Crippen molar-refractivity contribution in [3.05, 3.63) is 81.0 Å². The van der Waals surface area contributed by atoms with Crippen LogP contribution in [0.15, 0.2) is 48.5 Å². The van der Waals surface area contributed by atoms with Crippen molar-refractivity contribution < 1.29 is 4.92 Å². The SMILES string of the molecule is O=[N+]([O-])CC1c2ccccc2C=C(C2CCCC2)c2[nH]c3ccccc3c21. The quantitative estimate of drug-likeness (QED) is 0.488. The van der Waals surface area contributed by atoms with Gasteiger partial charge in [-0.25, -0.2) is 0 Å². The van der Waals surface area contributed by atoms with Gasteiger partial charge in [-0.2, -0.15) is 0 Å². The molecule has 2 aliphatic carbocycles. The highest BCUT2D eigenvalue weighted by Crippen LogP contribution is 2.46. The molecule has 1 aromatic heterocycles. The Kier molecular flexibility index (Phi) is 3.85. The lowest BCUT2D eigenvalue weighted by Gasteiger charge is -2.17. The van der Waals surface area contributed by atoms with Gasteiger partial charge in [0.25, 0.3) is 0 Å². The van der Waals surface area contributed by atoms with Crippen LogP contribution in [0, 0.1) is 16.0 Å². The maximum atomic E-state index is 11.6. The third-order valence-corrected chi connectivity index (χ3v) is 6.19. The normalized spacial score (nSPS) is 19.4. The van der Waals surface area contributed by atoms with Crippen LogP contribution in [0.3, 0.4) is 0 Å². The second-order valence-corrected chi connectivity index (χ2v) is 7.74. The van der Waals surface area contributed by atoms with E-state index in [9.17, 15) is 10.1 Å². The first-order valence-electron chi connectivity index (χ1n) is 9.75. The zero-order valence-corrected chi connectivity index (χ0v) is 15.2. The van der Waals surface area contributed by atoms with Crippen LogP contribution in [-0.2, 0) is 0 Å². The number of nitro groups is 1. The fourth-order valence-corrected chi connectivity index (χ4v) is 5.01. The van der Waals surface area contributed by atoms with Gasteiger partial charge in [-0.3, -0.25) is 10.1 Å². The van der Waals surface area contributed by atoms with Gasteiger partial charge in [-0.05, 0) is 53.2 Å². The Labute approximate surface area is 158 Å². The van der Waals surface area contributed by atoms with Crippen molar-refractivity contribution in [2.75, 3.05) is 6.54 Å². The summed E-state index contributed by atoms with van der Waals surface area (Å²) >= 11 is 0. The van der Waals surface area contributed by atoms with E-state index in [2.05, 4.69) is 35.3 Å². The van der Waals surface area contributed by atoms with Crippen LogP contribution < -0.4 is 0 Å². The topological polar surface area (TPSA) is 58.9 Å². The molecule has 0 amide bonds. The highest BCUT2D eigenvalue weighted by Gasteiger charge is 2.34. The molecule has 1 saturated carbocycles. The number of hydrogen-bond acceptors (Lipinski definition) is 2. The Bertz CT molecular complexity index is 1060. The predicted molar refractivity (Wildman–Crippen MR) is 108 cm³/mol. The smallest absolute Gasteiger partial charge is 0.214 e. The number of para-hydroxylation sites is 1. The lowest BCUT2D eigenvalue weighted by Crippen LogP contribution is -2.15. The highest BCUT2D eigenvalue weighted by molar-refractivity contribution is 5.96. The number of nitrogens with one attached hydrogen (secondary N) is 1. The van der Waals surface area contributed by atoms with E-state index in [0.29, 0.717) is 5.92 Å². The molecule has 3 aromatic rings. The van der Waals surface area contributed by atoms with Gasteiger partial charge < -0.3 is 4.98 Å². The Morgan fingerprint density at radius 3 is 2.59 bits per heavy atom. The number of benzene rings is 2. The van der Waals surface area contributed by atoms with E-state index in [4.69, 9.17) is 0 Å². The first kappa shape index (κ1) is 16.3. The molecule has 1 N–H and O–H groups in total. The van der Waals surface area contributed by atoms with Crippen molar-refractivity contribution in [2.24, 2.45) is 5.92 Å². The molecule has 27 heavy (non-hydrogen) atoms. The molecule has 0 spiro atoms. The zero-order chi connectivity index (χ0) is 18.4. The van der Waals surface area contributed by atoms with E-state index >= 15 is 0 Å². The number of allylic oxidation sites excluding steroid dienone is 1. The number of rotatable bonds is 3. The van der Waals surface area contributed by atoms with E-state index in [1.165, 1.54) is 31.3 Å². The van der Waals surface area contributed by atoms with Gasteiger partial charge in [0.15, 0.2) is 0 Å². The summed E-state index contributed by atoms with van der Waals surface area (Å²) in [6.07, 6.45) is 7.21. The Morgan fingerprint density at radius 2 is 1.78 bits per heavy atom. The fourth-order valence-electron chi connectivity index (χ4n) is 5.01. The van der Waals surface area contributed by atoms with E-state index in [1.807, 2.05) is 24.3 Å². The minimum Gasteiger partial charge on any atom is -0.355 e. The molecule has 1 fully saturated rings. The van der Waals surface area contributed by atoms with Gasteiger partial charge in [0.05, 0.1) is 5.92 Å². The summed E-state index contributed by atoms with van der Waals surface area (Å²) in [5.74, 6) is 0.289.